The summed E-state index contributed by atoms with van der Waals surface area (Å²) in [7, 11) is 0. The molecule has 0 radical (unpaired) electrons. The van der Waals surface area contributed by atoms with Gasteiger partial charge in [0.15, 0.2) is 0 Å². The number of nitrogens with one attached hydrogen (secondary N) is 3. The molecule has 2 fully saturated rings. The molecule has 0 bridgehead atoms. The summed E-state index contributed by atoms with van der Waals surface area (Å²) in [5.74, 6) is -6.66. The number of β-lactam (4-membered cyclic amide) rings is 1. The number of carbonyl (C=O) groups is 9. The van der Waals surface area contributed by atoms with Gasteiger partial charge >= 0.3 is 42.0 Å². The van der Waals surface area contributed by atoms with Crippen LogP contribution in [-0.2, 0) is 38.2 Å². The fourth-order valence-electron chi connectivity index (χ4n) is 5.01. The number of imide groups is 1. The first kappa shape index (κ1) is 36.9. The number of thioether (sulfide) groups is 1. The highest BCUT2D eigenvalue weighted by Crippen LogP contribution is 2.40. The van der Waals surface area contributed by atoms with Crippen LogP contribution in [0.1, 0.15) is 18.5 Å². The molecule has 0 spiro atoms. The van der Waals surface area contributed by atoms with Gasteiger partial charge in [-0.2, -0.15) is 0 Å². The summed E-state index contributed by atoms with van der Waals surface area (Å²) in [6, 6.07) is -0.161. The van der Waals surface area contributed by atoms with Crippen molar-refractivity contribution in [2.45, 2.75) is 30.4 Å². The summed E-state index contributed by atoms with van der Waals surface area (Å²) >= 11 is 1.07. The van der Waals surface area contributed by atoms with Crippen molar-refractivity contribution in [3.63, 3.8) is 0 Å². The lowest BCUT2D eigenvalue weighted by Crippen LogP contribution is -2.71. The van der Waals surface area contributed by atoms with E-state index in [9.17, 15) is 48.3 Å². The zero-order chi connectivity index (χ0) is 36.9. The third-order valence-electron chi connectivity index (χ3n) is 7.60. The van der Waals surface area contributed by atoms with Gasteiger partial charge in [-0.15, -0.1) is 11.8 Å². The van der Waals surface area contributed by atoms with Crippen molar-refractivity contribution in [3.05, 3.63) is 41.1 Å². The Bertz CT molecular complexity index is 1650. The maximum Gasteiger partial charge on any atom is 0.411 e. The molecule has 1 aromatic rings. The second kappa shape index (κ2) is 15.5. The second-order valence-electron chi connectivity index (χ2n) is 10.8. The molecule has 9 N–H and O–H groups in total. The van der Waals surface area contributed by atoms with Crippen molar-refractivity contribution >= 4 is 71.2 Å². The molecular weight excluding hydrogens is 688 g/mol. The van der Waals surface area contributed by atoms with Crippen molar-refractivity contribution in [2.75, 3.05) is 43.9 Å². The van der Waals surface area contributed by atoms with Crippen LogP contribution in [0.3, 0.4) is 0 Å². The average Bonchev–Trinajstić information content (AvgIpc) is 3.08. The first-order valence-electron chi connectivity index (χ1n) is 14.7. The van der Waals surface area contributed by atoms with Crippen LogP contribution >= 0.6 is 11.8 Å². The predicted molar refractivity (Wildman–Crippen MR) is 167 cm³/mol. The minimum Gasteiger partial charge on any atom is -0.480 e. The van der Waals surface area contributed by atoms with Gasteiger partial charge in [0.05, 0.1) is 0 Å². The summed E-state index contributed by atoms with van der Waals surface area (Å²) in [5.41, 5.74) is 10.2. The van der Waals surface area contributed by atoms with Crippen LogP contribution in [-0.4, -0.2) is 135 Å². The third kappa shape index (κ3) is 8.03. The molecule has 0 saturated carbocycles. The Morgan fingerprint density at radius 1 is 1.02 bits per heavy atom. The number of aliphatic carboxylic acids is 2. The maximum atomic E-state index is 13.7. The van der Waals surface area contributed by atoms with Crippen LogP contribution in [0.15, 0.2) is 35.5 Å². The average molecular weight is 721 g/mol. The Morgan fingerprint density at radius 3 is 2.30 bits per heavy atom. The molecule has 4 atom stereocenters. The van der Waals surface area contributed by atoms with E-state index < -0.39 is 96.2 Å². The highest BCUT2D eigenvalue weighted by atomic mass is 32.2. The van der Waals surface area contributed by atoms with E-state index in [1.807, 2.05) is 0 Å². The first-order valence-corrected chi connectivity index (χ1v) is 15.7. The fraction of sp³-hybridized carbons (Fsp3) is 0.393. The van der Waals surface area contributed by atoms with E-state index in [4.69, 9.17) is 26.0 Å². The van der Waals surface area contributed by atoms with Crippen LogP contribution in [0, 0.1) is 0 Å². The van der Waals surface area contributed by atoms with Crippen LogP contribution in [0.25, 0.3) is 0 Å². The summed E-state index contributed by atoms with van der Waals surface area (Å²) in [4.78, 5) is 114. The summed E-state index contributed by atoms with van der Waals surface area (Å²) in [6.07, 6.45) is -2.19. The molecule has 22 heteroatoms. The van der Waals surface area contributed by atoms with Crippen molar-refractivity contribution in [1.29, 1.82) is 0 Å². The van der Waals surface area contributed by atoms with E-state index in [0.29, 0.717) is 4.90 Å². The number of anilines is 1. The topological polar surface area (TPSA) is 310 Å². The van der Waals surface area contributed by atoms with Crippen molar-refractivity contribution in [1.82, 2.24) is 25.3 Å². The van der Waals surface area contributed by atoms with Gasteiger partial charge in [-0.1, -0.05) is 12.1 Å². The van der Waals surface area contributed by atoms with Crippen molar-refractivity contribution < 1.29 is 62.8 Å². The van der Waals surface area contributed by atoms with Gasteiger partial charge < -0.3 is 46.7 Å². The first-order chi connectivity index (χ1) is 23.6. The molecule has 3 heterocycles. The fourth-order valence-corrected chi connectivity index (χ4v) is 6.34. The van der Waals surface area contributed by atoms with E-state index in [2.05, 4.69) is 16.0 Å². The maximum absolute atomic E-state index is 13.7. The number of urea groups is 1. The van der Waals surface area contributed by atoms with Crippen LogP contribution in [0.2, 0.25) is 0 Å². The normalized spacial score (nSPS) is 19.8. The second-order valence-corrected chi connectivity index (χ2v) is 11.9. The Labute approximate surface area is 286 Å². The Hall–Kier alpha value is -5.90. The number of carbonyl (C=O) groups excluding carboxylic acids is 7. The molecule has 2 saturated heterocycles. The number of piperazine rings is 1. The third-order valence-corrected chi connectivity index (χ3v) is 8.94. The molecular formula is C28H32N8O13S. The lowest BCUT2D eigenvalue weighted by Gasteiger charge is -2.49. The number of carboxylic acid groups (broad SMARTS) is 2. The van der Waals surface area contributed by atoms with Gasteiger partial charge in [0, 0.05) is 36.6 Å². The molecule has 21 nitrogen and oxygen atoms in total. The Balaban J connectivity index is 1.53. The molecule has 0 unspecified atom stereocenters. The molecule has 8 amide bonds. The lowest BCUT2D eigenvalue weighted by molar-refractivity contribution is -0.153. The number of amides is 8. The molecule has 1 aromatic carbocycles. The van der Waals surface area contributed by atoms with Gasteiger partial charge in [-0.05, 0) is 24.6 Å². The van der Waals surface area contributed by atoms with Crippen molar-refractivity contribution in [3.8, 4) is 0 Å². The van der Waals surface area contributed by atoms with Crippen LogP contribution in [0.5, 0.6) is 0 Å². The molecule has 0 aromatic heterocycles. The Morgan fingerprint density at radius 2 is 1.70 bits per heavy atom. The molecule has 0 aliphatic carbocycles. The summed E-state index contributed by atoms with van der Waals surface area (Å²) < 4.78 is 9.46. The van der Waals surface area contributed by atoms with Gasteiger partial charge in [-0.25, -0.2) is 19.2 Å². The van der Waals surface area contributed by atoms with Crippen molar-refractivity contribution in [2.24, 2.45) is 11.5 Å². The van der Waals surface area contributed by atoms with Gasteiger partial charge in [0.2, 0.25) is 5.91 Å². The molecule has 4 rings (SSSR count). The van der Waals surface area contributed by atoms with Gasteiger partial charge in [-0.3, -0.25) is 39.1 Å². The van der Waals surface area contributed by atoms with E-state index in [1.165, 1.54) is 29.2 Å². The highest BCUT2D eigenvalue weighted by molar-refractivity contribution is 8.00. The number of likely N-dealkylation sites (N-methyl/N-ethyl adjacent to an activating group) is 1. The standard InChI is InChI=1S/C28H32N8O13S/c1-2-34-7-8-35(22(40)21(34)39)27(46)33-16(12-3-5-14(6-4-12)31-28(47)49-10-15(29)24(41)42)19(37)32-17-20(38)36-18(25(43)44)13(9-48-26(30)45)11-50-23(17)36/h3-6,15-17,23H,2,7-11,29H2,1H3,(H2,30,45)(H,31,47)(H,32,37)(H,33,46)(H,41,42)(H,43,44)/t15-,16+,17-,23+/m1/s1. The highest BCUT2D eigenvalue weighted by Gasteiger charge is 2.54. The van der Waals surface area contributed by atoms with Gasteiger partial charge in [0.1, 0.15) is 42.4 Å². The number of fused-ring (bicyclic) bond motifs is 1. The number of rotatable bonds is 12. The molecule has 50 heavy (non-hydrogen) atoms. The SMILES string of the molecule is CCN1CCN(C(=O)N[C@H](C(=O)N[C@@H]2C(=O)N3C(C(=O)O)=C(COC(N)=O)CS[C@@H]23)c2ccc(NC(=O)OC[C@@H](N)C(=O)O)cc2)C(=O)C1=O. The largest absolute Gasteiger partial charge is 0.480 e. The van der Waals surface area contributed by atoms with E-state index in [1.54, 1.807) is 6.92 Å². The number of hydrogen-bond acceptors (Lipinski definition) is 13. The monoisotopic (exact) mass is 720 g/mol. The number of nitrogens with zero attached hydrogens (tertiary/aromatic N) is 3. The number of benzene rings is 1. The lowest BCUT2D eigenvalue weighted by atomic mass is 10.0. The number of hydrogen-bond donors (Lipinski definition) is 7. The predicted octanol–water partition coefficient (Wildman–Crippen LogP) is -2.08. The van der Waals surface area contributed by atoms with E-state index >= 15 is 0 Å². The quantitative estimate of drug-likeness (QED) is 0.0900. The number of carboxylic acids is 2. The summed E-state index contributed by atoms with van der Waals surface area (Å²) in [6.45, 7) is 0.673. The molecule has 3 aliphatic heterocycles. The smallest absolute Gasteiger partial charge is 0.411 e. The van der Waals surface area contributed by atoms with Crippen LogP contribution in [0.4, 0.5) is 20.1 Å². The van der Waals surface area contributed by atoms with E-state index in [0.717, 1.165) is 16.7 Å². The number of ether oxygens (including phenoxy) is 2. The molecule has 3 aliphatic rings. The van der Waals surface area contributed by atoms with Gasteiger partial charge in [0.25, 0.3) is 5.91 Å². The number of primary amides is 1. The zero-order valence-corrected chi connectivity index (χ0v) is 27.0. The number of nitrogens with two attached hydrogens (primary N) is 2. The summed E-state index contributed by atoms with van der Waals surface area (Å²) in [5, 5.41) is 24.9. The minimum atomic E-state index is -1.59. The molecule has 268 valence electrons. The Kier molecular flexibility index (Phi) is 11.5. The minimum absolute atomic E-state index is 0.00884. The van der Waals surface area contributed by atoms with Crippen LogP contribution < -0.4 is 27.4 Å². The van der Waals surface area contributed by atoms with E-state index in [-0.39, 0.29) is 42.2 Å². The zero-order valence-electron chi connectivity index (χ0n) is 26.2.